The molecule has 0 spiro atoms. The molecule has 3 rings (SSSR count). The second-order valence-corrected chi connectivity index (χ2v) is 4.28. The van der Waals surface area contributed by atoms with E-state index in [0.717, 1.165) is 0 Å². The van der Waals surface area contributed by atoms with Gasteiger partial charge in [0.1, 0.15) is 5.75 Å². The summed E-state index contributed by atoms with van der Waals surface area (Å²) in [6.07, 6.45) is 0. The topological polar surface area (TPSA) is 43.4 Å². The minimum Gasteiger partial charge on any atom is -0.417 e. The standard InChI is InChI=1S/C14H7BrO3/c15-18-11-7-3-6-10-12(11)14(17)9-5-2-1-4-8(9)13(10)16/h1-7H. The van der Waals surface area contributed by atoms with Crippen LogP contribution in [0.15, 0.2) is 42.5 Å². The fourth-order valence-corrected chi connectivity index (χ4v) is 2.45. The van der Waals surface area contributed by atoms with Crippen molar-refractivity contribution < 1.29 is 13.4 Å². The van der Waals surface area contributed by atoms with Gasteiger partial charge in [0.05, 0.1) is 5.56 Å². The molecule has 0 atom stereocenters. The number of benzene rings is 2. The Morgan fingerprint density at radius 2 is 1.39 bits per heavy atom. The van der Waals surface area contributed by atoms with Crippen LogP contribution in [0.3, 0.4) is 0 Å². The molecule has 88 valence electrons. The van der Waals surface area contributed by atoms with Crippen molar-refractivity contribution in [3.63, 3.8) is 0 Å². The van der Waals surface area contributed by atoms with Gasteiger partial charge in [0, 0.05) is 16.7 Å². The van der Waals surface area contributed by atoms with Crippen molar-refractivity contribution in [1.82, 2.24) is 0 Å². The smallest absolute Gasteiger partial charge is 0.198 e. The number of rotatable bonds is 1. The summed E-state index contributed by atoms with van der Waals surface area (Å²) >= 11 is 2.86. The summed E-state index contributed by atoms with van der Waals surface area (Å²) in [6, 6.07) is 11.8. The molecule has 0 amide bonds. The first-order valence-corrected chi connectivity index (χ1v) is 5.99. The largest absolute Gasteiger partial charge is 0.417 e. The van der Waals surface area contributed by atoms with Crippen molar-refractivity contribution in [2.75, 3.05) is 0 Å². The van der Waals surface area contributed by atoms with Crippen LogP contribution < -0.4 is 3.83 Å². The van der Waals surface area contributed by atoms with E-state index in [1.807, 2.05) is 0 Å². The number of carbonyl (C=O) groups is 2. The summed E-state index contributed by atoms with van der Waals surface area (Å²) in [4.78, 5) is 24.7. The van der Waals surface area contributed by atoms with Gasteiger partial charge in [0.15, 0.2) is 27.8 Å². The van der Waals surface area contributed by atoms with Crippen LogP contribution >= 0.6 is 16.3 Å². The highest BCUT2D eigenvalue weighted by Gasteiger charge is 2.31. The van der Waals surface area contributed by atoms with Crippen LogP contribution in [-0.2, 0) is 0 Å². The zero-order chi connectivity index (χ0) is 12.7. The van der Waals surface area contributed by atoms with E-state index in [0.29, 0.717) is 28.0 Å². The Hall–Kier alpha value is -1.94. The summed E-state index contributed by atoms with van der Waals surface area (Å²) < 4.78 is 4.99. The summed E-state index contributed by atoms with van der Waals surface area (Å²) in [5.41, 5.74) is 1.57. The molecule has 0 aliphatic heterocycles. The second kappa shape index (κ2) is 4.07. The van der Waals surface area contributed by atoms with Gasteiger partial charge in [0.2, 0.25) is 0 Å². The lowest BCUT2D eigenvalue weighted by Crippen LogP contribution is -2.21. The van der Waals surface area contributed by atoms with Gasteiger partial charge in [-0.3, -0.25) is 9.59 Å². The molecule has 0 aromatic heterocycles. The number of hydrogen-bond donors (Lipinski definition) is 0. The fourth-order valence-electron chi connectivity index (χ4n) is 2.18. The van der Waals surface area contributed by atoms with E-state index in [-0.39, 0.29) is 11.6 Å². The van der Waals surface area contributed by atoms with Gasteiger partial charge in [-0.1, -0.05) is 36.4 Å². The van der Waals surface area contributed by atoms with Crippen molar-refractivity contribution in [3.05, 3.63) is 64.7 Å². The third-order valence-electron chi connectivity index (χ3n) is 3.00. The Bertz CT molecular complexity index is 676. The SMILES string of the molecule is O=C1c2ccccc2C(=O)c2c(OBr)cccc21. The zero-order valence-corrected chi connectivity index (χ0v) is 10.7. The van der Waals surface area contributed by atoms with Crippen molar-refractivity contribution in [1.29, 1.82) is 0 Å². The summed E-state index contributed by atoms with van der Waals surface area (Å²) in [5.74, 6) is 0.0298. The molecule has 0 saturated carbocycles. The third kappa shape index (κ3) is 1.42. The van der Waals surface area contributed by atoms with Crippen molar-refractivity contribution in [2.45, 2.75) is 0 Å². The molecule has 1 aliphatic rings. The van der Waals surface area contributed by atoms with Crippen molar-refractivity contribution >= 4 is 27.8 Å². The van der Waals surface area contributed by atoms with Crippen LogP contribution in [0.25, 0.3) is 0 Å². The highest BCUT2D eigenvalue weighted by molar-refractivity contribution is 9.06. The van der Waals surface area contributed by atoms with Gasteiger partial charge in [0.25, 0.3) is 0 Å². The maximum absolute atomic E-state index is 12.4. The van der Waals surface area contributed by atoms with Crippen molar-refractivity contribution in [2.24, 2.45) is 0 Å². The van der Waals surface area contributed by atoms with Crippen LogP contribution in [0.1, 0.15) is 31.8 Å². The summed E-state index contributed by atoms with van der Waals surface area (Å²) in [5, 5.41) is 0. The number of ketones is 2. The average molecular weight is 303 g/mol. The van der Waals surface area contributed by atoms with E-state index in [4.69, 9.17) is 3.83 Å². The maximum Gasteiger partial charge on any atom is 0.198 e. The molecule has 0 N–H and O–H groups in total. The molecular weight excluding hydrogens is 296 g/mol. The first kappa shape index (κ1) is 11.2. The van der Waals surface area contributed by atoms with E-state index in [9.17, 15) is 9.59 Å². The predicted octanol–water partition coefficient (Wildman–Crippen LogP) is 3.15. The summed E-state index contributed by atoms with van der Waals surface area (Å²) in [6.45, 7) is 0. The molecule has 18 heavy (non-hydrogen) atoms. The minimum absolute atomic E-state index is 0.147. The normalized spacial score (nSPS) is 12.9. The van der Waals surface area contributed by atoms with Crippen molar-refractivity contribution in [3.8, 4) is 5.75 Å². The predicted molar refractivity (Wildman–Crippen MR) is 69.3 cm³/mol. The first-order chi connectivity index (χ1) is 8.74. The average Bonchev–Trinajstić information content (AvgIpc) is 2.44. The van der Waals surface area contributed by atoms with Gasteiger partial charge >= 0.3 is 0 Å². The molecule has 0 fully saturated rings. The number of hydrogen-bond acceptors (Lipinski definition) is 3. The molecule has 0 heterocycles. The molecular formula is C14H7BrO3. The van der Waals surface area contributed by atoms with Crippen LogP contribution in [-0.4, -0.2) is 11.6 Å². The van der Waals surface area contributed by atoms with E-state index in [1.54, 1.807) is 42.5 Å². The van der Waals surface area contributed by atoms with Gasteiger partial charge in [-0.15, -0.1) is 0 Å². The highest BCUT2D eigenvalue weighted by atomic mass is 79.9. The number of fused-ring (bicyclic) bond motifs is 2. The molecule has 0 radical (unpaired) electrons. The Labute approximate surface area is 112 Å². The van der Waals surface area contributed by atoms with Gasteiger partial charge in [-0.2, -0.15) is 0 Å². The lowest BCUT2D eigenvalue weighted by molar-refractivity contribution is 0.0978. The molecule has 1 aliphatic carbocycles. The third-order valence-corrected chi connectivity index (χ3v) is 3.35. The minimum atomic E-state index is -0.185. The van der Waals surface area contributed by atoms with E-state index in [1.165, 1.54) is 0 Å². The molecule has 4 heteroatoms. The van der Waals surface area contributed by atoms with Crippen LogP contribution in [0, 0.1) is 0 Å². The highest BCUT2D eigenvalue weighted by Crippen LogP contribution is 2.33. The molecule has 0 bridgehead atoms. The molecule has 0 saturated heterocycles. The molecule has 2 aromatic rings. The molecule has 2 aromatic carbocycles. The number of carbonyl (C=O) groups excluding carboxylic acids is 2. The number of halogens is 1. The quantitative estimate of drug-likeness (QED) is 0.693. The van der Waals surface area contributed by atoms with E-state index >= 15 is 0 Å². The van der Waals surface area contributed by atoms with Gasteiger partial charge in [-0.25, -0.2) is 0 Å². The van der Waals surface area contributed by atoms with Gasteiger partial charge in [-0.05, 0) is 6.07 Å². The fraction of sp³-hybridized carbons (Fsp3) is 0. The zero-order valence-electron chi connectivity index (χ0n) is 9.14. The first-order valence-electron chi connectivity index (χ1n) is 5.34. The Morgan fingerprint density at radius 1 is 0.778 bits per heavy atom. The molecule has 0 unspecified atom stereocenters. The van der Waals surface area contributed by atoms with Gasteiger partial charge < -0.3 is 3.83 Å². The van der Waals surface area contributed by atoms with Crippen LogP contribution in [0.4, 0.5) is 0 Å². The van der Waals surface area contributed by atoms with E-state index in [2.05, 4.69) is 16.3 Å². The Kier molecular flexibility index (Phi) is 2.52. The monoisotopic (exact) mass is 302 g/mol. The summed E-state index contributed by atoms with van der Waals surface area (Å²) in [7, 11) is 0. The second-order valence-electron chi connectivity index (χ2n) is 3.96. The maximum atomic E-state index is 12.4. The van der Waals surface area contributed by atoms with Crippen LogP contribution in [0.5, 0.6) is 5.75 Å². The Balaban J connectivity index is 2.34. The molecule has 3 nitrogen and oxygen atoms in total. The van der Waals surface area contributed by atoms with E-state index < -0.39 is 0 Å². The van der Waals surface area contributed by atoms with Crippen LogP contribution in [0.2, 0.25) is 0 Å². The lowest BCUT2D eigenvalue weighted by Gasteiger charge is -2.18. The lowest BCUT2D eigenvalue weighted by atomic mass is 9.84. The Morgan fingerprint density at radius 3 is 2.06 bits per heavy atom.